The fraction of sp³-hybridized carbons (Fsp3) is 0.0952. The minimum Gasteiger partial charge on any atom is -0.477 e. The van der Waals surface area contributed by atoms with Crippen LogP contribution in [0.1, 0.15) is 23.0 Å². The Bertz CT molecular complexity index is 1120. The maximum atomic E-state index is 11.4. The Morgan fingerprint density at radius 1 is 1.10 bits per heavy atom. The molecule has 30 heavy (non-hydrogen) atoms. The van der Waals surface area contributed by atoms with Crippen molar-refractivity contribution in [3.8, 4) is 29.0 Å². The second-order valence-corrected chi connectivity index (χ2v) is 6.30. The second kappa shape index (κ2) is 8.70. The minimum atomic E-state index is -1.23. The number of aromatic nitrogens is 2. The summed E-state index contributed by atoms with van der Waals surface area (Å²) in [6.45, 7) is 1.54. The molecule has 150 valence electrons. The Labute approximate surface area is 171 Å². The van der Waals surface area contributed by atoms with Crippen molar-refractivity contribution in [3.05, 3.63) is 65.9 Å². The first-order valence-corrected chi connectivity index (χ1v) is 8.82. The van der Waals surface area contributed by atoms with Gasteiger partial charge < -0.3 is 20.9 Å². The highest BCUT2D eigenvalue weighted by Gasteiger charge is 2.15. The van der Waals surface area contributed by atoms with Gasteiger partial charge in [-0.05, 0) is 55.5 Å². The van der Waals surface area contributed by atoms with Crippen LogP contribution in [0.4, 0.5) is 5.82 Å². The van der Waals surface area contributed by atoms with Crippen LogP contribution in [0.5, 0.6) is 11.5 Å². The van der Waals surface area contributed by atoms with E-state index in [1.165, 1.54) is 6.07 Å². The molecular formula is C21H17N5O4. The fourth-order valence-electron chi connectivity index (χ4n) is 2.46. The lowest BCUT2D eigenvalue weighted by molar-refractivity contribution is -0.118. The third-order valence-electron chi connectivity index (χ3n) is 4.07. The number of nitrogens with zero attached hydrogens (tertiary/aromatic N) is 3. The third-order valence-corrected chi connectivity index (χ3v) is 4.07. The number of anilines is 1. The number of carbonyl (C=O) groups is 2. The van der Waals surface area contributed by atoms with Crippen molar-refractivity contribution in [2.45, 2.75) is 13.0 Å². The number of nitriles is 1. The number of nitrogens with two attached hydrogens (primary N) is 1. The highest BCUT2D eigenvalue weighted by Crippen LogP contribution is 2.25. The van der Waals surface area contributed by atoms with Gasteiger partial charge in [-0.3, -0.25) is 4.79 Å². The summed E-state index contributed by atoms with van der Waals surface area (Å²) in [5.41, 5.74) is 6.10. The van der Waals surface area contributed by atoms with E-state index in [1.54, 1.807) is 55.5 Å². The lowest BCUT2D eigenvalue weighted by Gasteiger charge is -2.12. The van der Waals surface area contributed by atoms with Crippen LogP contribution < -0.4 is 15.8 Å². The van der Waals surface area contributed by atoms with E-state index in [1.807, 2.05) is 6.07 Å². The number of ether oxygens (including phenoxy) is 1. The molecule has 3 aromatic rings. The Morgan fingerprint density at radius 3 is 2.23 bits per heavy atom. The summed E-state index contributed by atoms with van der Waals surface area (Å²) in [6, 6.07) is 15.9. The number of primary amides is 1. The molecule has 9 heteroatoms. The van der Waals surface area contributed by atoms with Crippen LogP contribution in [-0.2, 0) is 4.79 Å². The second-order valence-electron chi connectivity index (χ2n) is 6.30. The minimum absolute atomic E-state index is 0.166. The lowest BCUT2D eigenvalue weighted by Crippen LogP contribution is -2.32. The normalized spacial score (nSPS) is 11.2. The predicted molar refractivity (Wildman–Crippen MR) is 108 cm³/mol. The van der Waals surface area contributed by atoms with Gasteiger partial charge in [-0.2, -0.15) is 5.26 Å². The van der Waals surface area contributed by atoms with Gasteiger partial charge in [0.15, 0.2) is 11.5 Å². The van der Waals surface area contributed by atoms with E-state index in [2.05, 4.69) is 15.3 Å². The van der Waals surface area contributed by atoms with Gasteiger partial charge in [0.2, 0.25) is 5.91 Å². The van der Waals surface area contributed by atoms with Gasteiger partial charge in [0.1, 0.15) is 23.4 Å². The molecule has 0 unspecified atom stereocenters. The molecule has 1 heterocycles. The van der Waals surface area contributed by atoms with Crippen molar-refractivity contribution in [2.24, 2.45) is 5.73 Å². The van der Waals surface area contributed by atoms with Crippen LogP contribution >= 0.6 is 0 Å². The number of benzene rings is 2. The molecule has 0 bridgehead atoms. The molecule has 1 aromatic heterocycles. The van der Waals surface area contributed by atoms with Crippen LogP contribution in [0.3, 0.4) is 0 Å². The summed E-state index contributed by atoms with van der Waals surface area (Å²) in [4.78, 5) is 31.0. The zero-order chi connectivity index (χ0) is 21.7. The topological polar surface area (TPSA) is 151 Å². The Hall–Kier alpha value is -4.45. The maximum absolute atomic E-state index is 11.4. The van der Waals surface area contributed by atoms with Gasteiger partial charge in [-0.1, -0.05) is 0 Å². The number of carbonyl (C=O) groups excluding carboxylic acids is 1. The summed E-state index contributed by atoms with van der Waals surface area (Å²) in [5, 5.41) is 20.9. The number of rotatable bonds is 7. The van der Waals surface area contributed by atoms with Crippen LogP contribution in [0.15, 0.2) is 54.6 Å². The van der Waals surface area contributed by atoms with E-state index >= 15 is 0 Å². The molecule has 0 saturated carbocycles. The van der Waals surface area contributed by atoms with Crippen molar-refractivity contribution in [1.29, 1.82) is 5.26 Å². The van der Waals surface area contributed by atoms with E-state index in [0.717, 1.165) is 0 Å². The zero-order valence-electron chi connectivity index (χ0n) is 15.9. The zero-order valence-corrected chi connectivity index (χ0v) is 15.9. The highest BCUT2D eigenvalue weighted by atomic mass is 16.5. The Balaban J connectivity index is 1.85. The molecule has 4 N–H and O–H groups in total. The quantitative estimate of drug-likeness (QED) is 0.545. The van der Waals surface area contributed by atoms with Crippen molar-refractivity contribution in [1.82, 2.24) is 9.97 Å². The largest absolute Gasteiger partial charge is 0.477 e. The Kier molecular flexibility index (Phi) is 5.89. The number of amides is 1. The van der Waals surface area contributed by atoms with E-state index in [0.29, 0.717) is 22.6 Å². The molecule has 3 rings (SSSR count). The van der Waals surface area contributed by atoms with Crippen molar-refractivity contribution in [3.63, 3.8) is 0 Å². The molecule has 1 atom stereocenters. The molecule has 1 amide bonds. The van der Waals surface area contributed by atoms with Crippen LogP contribution in [0.2, 0.25) is 0 Å². The first-order valence-electron chi connectivity index (χ1n) is 8.82. The lowest BCUT2D eigenvalue weighted by atomic mass is 10.2. The van der Waals surface area contributed by atoms with Gasteiger partial charge in [0.05, 0.1) is 11.6 Å². The maximum Gasteiger partial charge on any atom is 0.354 e. The number of carboxylic acids is 1. The van der Waals surface area contributed by atoms with E-state index in [-0.39, 0.29) is 17.3 Å². The molecule has 0 spiro atoms. The van der Waals surface area contributed by atoms with E-state index < -0.39 is 17.9 Å². The average molecular weight is 403 g/mol. The van der Waals surface area contributed by atoms with Crippen LogP contribution in [0.25, 0.3) is 11.4 Å². The Morgan fingerprint density at radius 2 is 1.70 bits per heavy atom. The molecule has 9 nitrogen and oxygen atoms in total. The van der Waals surface area contributed by atoms with Crippen molar-refractivity contribution in [2.75, 3.05) is 5.32 Å². The van der Waals surface area contributed by atoms with Crippen LogP contribution in [-0.4, -0.2) is 33.0 Å². The standard InChI is InChI=1S/C21H17N5O4/c1-12(19(23)27)24-18-10-17(21(28)29)25-20(26-18)14-4-8-16(9-5-14)30-15-6-2-13(11-22)3-7-15/h2-10,12H,1H3,(H2,23,27)(H,28,29)(H,24,25,26)/t12-/m0/s1. The SMILES string of the molecule is C[C@H](Nc1cc(C(=O)O)nc(-c2ccc(Oc3ccc(C#N)cc3)cc2)n1)C(N)=O. The monoisotopic (exact) mass is 403 g/mol. The van der Waals surface area contributed by atoms with Gasteiger partial charge in [-0.25, -0.2) is 14.8 Å². The number of hydrogen-bond acceptors (Lipinski definition) is 7. The predicted octanol–water partition coefficient (Wildman–Crippen LogP) is 2.79. The smallest absolute Gasteiger partial charge is 0.354 e. The molecule has 2 aromatic carbocycles. The van der Waals surface area contributed by atoms with Crippen molar-refractivity contribution < 1.29 is 19.4 Å². The van der Waals surface area contributed by atoms with E-state index in [9.17, 15) is 14.7 Å². The number of hydrogen-bond donors (Lipinski definition) is 3. The van der Waals surface area contributed by atoms with Gasteiger partial charge in [0, 0.05) is 11.6 Å². The summed E-state index contributed by atoms with van der Waals surface area (Å²) in [7, 11) is 0. The highest BCUT2D eigenvalue weighted by molar-refractivity contribution is 5.87. The van der Waals surface area contributed by atoms with Gasteiger partial charge in [-0.15, -0.1) is 0 Å². The molecular weight excluding hydrogens is 386 g/mol. The summed E-state index contributed by atoms with van der Waals surface area (Å²) in [6.07, 6.45) is 0. The van der Waals surface area contributed by atoms with Gasteiger partial charge in [0.25, 0.3) is 0 Å². The molecule has 0 radical (unpaired) electrons. The number of carboxylic acid groups (broad SMARTS) is 1. The van der Waals surface area contributed by atoms with Crippen molar-refractivity contribution >= 4 is 17.7 Å². The molecule has 0 aliphatic heterocycles. The number of nitrogens with one attached hydrogen (secondary N) is 1. The molecule has 0 aliphatic rings. The first-order chi connectivity index (χ1) is 14.4. The molecule has 0 saturated heterocycles. The van der Waals surface area contributed by atoms with Gasteiger partial charge >= 0.3 is 5.97 Å². The van der Waals surface area contributed by atoms with E-state index in [4.69, 9.17) is 15.7 Å². The fourth-order valence-corrected chi connectivity index (χ4v) is 2.46. The summed E-state index contributed by atoms with van der Waals surface area (Å²) >= 11 is 0. The van der Waals surface area contributed by atoms with Crippen LogP contribution in [0, 0.1) is 11.3 Å². The summed E-state index contributed by atoms with van der Waals surface area (Å²) in [5.74, 6) is -0.387. The first kappa shape index (κ1) is 20.3. The number of aromatic carboxylic acids is 1. The average Bonchev–Trinajstić information content (AvgIpc) is 2.74. The third kappa shape index (κ3) is 4.88. The molecule has 0 fully saturated rings. The summed E-state index contributed by atoms with van der Waals surface area (Å²) < 4.78 is 5.73. The molecule has 0 aliphatic carbocycles.